The van der Waals surface area contributed by atoms with E-state index < -0.39 is 35.6 Å². The van der Waals surface area contributed by atoms with Crippen LogP contribution in [0.1, 0.15) is 69.6 Å². The lowest BCUT2D eigenvalue weighted by Crippen LogP contribution is -2.54. The highest BCUT2D eigenvalue weighted by Gasteiger charge is 2.45. The number of piperazine rings is 1. The van der Waals surface area contributed by atoms with Gasteiger partial charge in [-0.1, -0.05) is 0 Å². The third-order valence-electron chi connectivity index (χ3n) is 11.2. The van der Waals surface area contributed by atoms with Crippen molar-refractivity contribution in [2.45, 2.75) is 44.6 Å². The van der Waals surface area contributed by atoms with Crippen LogP contribution in [0.4, 0.5) is 33.2 Å². The molecular formula is C38H43FN10O5. The largest absolute Gasteiger partial charge is 0.371 e. The first kappa shape index (κ1) is 35.4. The van der Waals surface area contributed by atoms with Crippen LogP contribution in [0, 0.1) is 11.7 Å². The number of piperidine rings is 2. The molecule has 2 unspecified atom stereocenters. The van der Waals surface area contributed by atoms with E-state index in [1.54, 1.807) is 24.3 Å². The standard InChI is InChI=1S/C38H43FN10O5/c39-29-18-24(42-34-28(33(40)51)20-41-38(44-34)47-11-2-1-3-12-47)4-7-30(29)46-16-14-45(15-17-46)21-23-10-13-48(22-23)25-5-6-26-27(19-25)37(54)49(36(26)53)31-8-9-32(50)43-35(31)52/h4-7,18-20,23,31H,1-3,8-17,21-22H2,(H2,40,51)(H,41,42,44)(H,43,50,52). The number of carbonyl (C=O) groups excluding carboxylic acids is 5. The number of nitrogens with two attached hydrogens (primary N) is 1. The second-order valence-electron chi connectivity index (χ2n) is 14.7. The lowest BCUT2D eigenvalue weighted by molar-refractivity contribution is -0.136. The molecule has 0 radical (unpaired) electrons. The Bertz CT molecular complexity index is 2010. The molecule has 6 heterocycles. The molecule has 4 N–H and O–H groups in total. The number of benzene rings is 2. The number of imide groups is 2. The van der Waals surface area contributed by atoms with Gasteiger partial charge in [0, 0.05) is 82.9 Å². The number of rotatable bonds is 9. The van der Waals surface area contributed by atoms with Gasteiger partial charge < -0.3 is 25.8 Å². The number of hydrogen-bond donors (Lipinski definition) is 3. The molecule has 0 saturated carbocycles. The number of nitrogens with one attached hydrogen (secondary N) is 2. The maximum atomic E-state index is 15.6. The summed E-state index contributed by atoms with van der Waals surface area (Å²) in [5, 5.41) is 5.32. The number of halogens is 1. The third kappa shape index (κ3) is 6.93. The SMILES string of the molecule is NC(=O)c1cnc(N2CCCCC2)nc1Nc1ccc(N2CCN(CC3CCN(c4ccc5c(c4)C(=O)N(C4CCC(=O)NC4=O)C5=O)C3)CC2)c(F)c1. The summed E-state index contributed by atoms with van der Waals surface area (Å²) in [6.45, 7) is 7.07. The van der Waals surface area contributed by atoms with Crippen LogP contribution in [0.3, 0.4) is 0 Å². The lowest BCUT2D eigenvalue weighted by atomic mass is 10.0. The molecule has 1 aromatic heterocycles. The Morgan fingerprint density at radius 2 is 1.65 bits per heavy atom. The molecule has 5 aliphatic heterocycles. The fourth-order valence-corrected chi connectivity index (χ4v) is 8.28. The van der Waals surface area contributed by atoms with E-state index in [-0.39, 0.29) is 41.2 Å². The van der Waals surface area contributed by atoms with Gasteiger partial charge in [-0.3, -0.25) is 39.1 Å². The van der Waals surface area contributed by atoms with E-state index in [0.717, 1.165) is 82.1 Å². The van der Waals surface area contributed by atoms with Crippen LogP contribution in [0.5, 0.6) is 0 Å². The fraction of sp³-hybridized carbons (Fsp3) is 0.447. The van der Waals surface area contributed by atoms with Crippen LogP contribution < -0.4 is 31.1 Å². The number of nitrogens with zero attached hydrogens (tertiary/aromatic N) is 7. The molecule has 0 aliphatic carbocycles. The number of anilines is 5. The summed E-state index contributed by atoms with van der Waals surface area (Å²) in [6, 6.07) is 9.20. The molecule has 15 nitrogen and oxygen atoms in total. The molecule has 2 aromatic carbocycles. The first-order chi connectivity index (χ1) is 26.1. The predicted molar refractivity (Wildman–Crippen MR) is 198 cm³/mol. The van der Waals surface area contributed by atoms with Gasteiger partial charge in [0.2, 0.25) is 17.8 Å². The Balaban J connectivity index is 0.851. The lowest BCUT2D eigenvalue weighted by Gasteiger charge is -2.37. The van der Waals surface area contributed by atoms with Crippen molar-refractivity contribution in [3.63, 3.8) is 0 Å². The van der Waals surface area contributed by atoms with Crippen molar-refractivity contribution in [3.05, 3.63) is 65.1 Å². The second-order valence-corrected chi connectivity index (χ2v) is 14.7. The van der Waals surface area contributed by atoms with E-state index in [4.69, 9.17) is 5.73 Å². The number of amides is 5. The Labute approximate surface area is 311 Å². The van der Waals surface area contributed by atoms with E-state index in [9.17, 15) is 24.0 Å². The zero-order valence-electron chi connectivity index (χ0n) is 29.9. The molecule has 0 bridgehead atoms. The molecule has 54 heavy (non-hydrogen) atoms. The summed E-state index contributed by atoms with van der Waals surface area (Å²) >= 11 is 0. The predicted octanol–water partition coefficient (Wildman–Crippen LogP) is 2.50. The van der Waals surface area contributed by atoms with Crippen molar-refractivity contribution < 1.29 is 28.4 Å². The Morgan fingerprint density at radius 3 is 2.39 bits per heavy atom. The minimum atomic E-state index is -0.992. The van der Waals surface area contributed by atoms with Crippen molar-refractivity contribution in [1.29, 1.82) is 0 Å². The third-order valence-corrected chi connectivity index (χ3v) is 11.2. The molecule has 3 aromatic rings. The minimum absolute atomic E-state index is 0.0772. The van der Waals surface area contributed by atoms with Crippen molar-refractivity contribution in [3.8, 4) is 0 Å². The van der Waals surface area contributed by atoms with E-state index in [1.807, 2.05) is 11.0 Å². The minimum Gasteiger partial charge on any atom is -0.371 e. The van der Waals surface area contributed by atoms with E-state index >= 15 is 4.39 Å². The highest BCUT2D eigenvalue weighted by atomic mass is 19.1. The van der Waals surface area contributed by atoms with Gasteiger partial charge in [-0.05, 0) is 74.4 Å². The highest BCUT2D eigenvalue weighted by molar-refractivity contribution is 6.23. The van der Waals surface area contributed by atoms with Crippen LogP contribution in [-0.2, 0) is 9.59 Å². The maximum absolute atomic E-state index is 15.6. The van der Waals surface area contributed by atoms with Gasteiger partial charge in [-0.25, -0.2) is 9.37 Å². The van der Waals surface area contributed by atoms with Crippen molar-refractivity contribution >= 4 is 58.4 Å². The van der Waals surface area contributed by atoms with E-state index in [1.165, 1.54) is 12.3 Å². The summed E-state index contributed by atoms with van der Waals surface area (Å²) in [6.07, 6.45) is 5.85. The molecule has 5 amide bonds. The van der Waals surface area contributed by atoms with Crippen LogP contribution in [0.15, 0.2) is 42.6 Å². The Morgan fingerprint density at radius 1 is 0.870 bits per heavy atom. The van der Waals surface area contributed by atoms with E-state index in [0.29, 0.717) is 36.3 Å². The first-order valence-electron chi connectivity index (χ1n) is 18.7. The van der Waals surface area contributed by atoms with Crippen LogP contribution in [0.2, 0.25) is 0 Å². The van der Waals surface area contributed by atoms with Crippen LogP contribution in [-0.4, -0.2) is 114 Å². The molecule has 5 aliphatic rings. The van der Waals surface area contributed by atoms with Gasteiger partial charge in [0.05, 0.1) is 16.8 Å². The van der Waals surface area contributed by atoms with Gasteiger partial charge in [0.1, 0.15) is 23.2 Å². The normalized spacial score (nSPS) is 22.2. The summed E-state index contributed by atoms with van der Waals surface area (Å²) in [5.74, 6) is -1.93. The molecule has 0 spiro atoms. The number of hydrogen-bond acceptors (Lipinski definition) is 12. The van der Waals surface area contributed by atoms with Crippen LogP contribution >= 0.6 is 0 Å². The smallest absolute Gasteiger partial charge is 0.262 e. The van der Waals surface area contributed by atoms with Crippen molar-refractivity contribution in [2.24, 2.45) is 11.7 Å². The first-order valence-corrected chi connectivity index (χ1v) is 18.7. The monoisotopic (exact) mass is 738 g/mol. The number of carbonyl (C=O) groups is 5. The van der Waals surface area contributed by atoms with Gasteiger partial charge >= 0.3 is 0 Å². The van der Waals surface area contributed by atoms with Crippen LogP contribution in [0.25, 0.3) is 0 Å². The van der Waals surface area contributed by atoms with Gasteiger partial charge in [-0.15, -0.1) is 0 Å². The summed E-state index contributed by atoms with van der Waals surface area (Å²) < 4.78 is 15.6. The molecule has 282 valence electrons. The molecule has 16 heteroatoms. The van der Waals surface area contributed by atoms with Gasteiger partial charge in [-0.2, -0.15) is 4.98 Å². The molecule has 4 fully saturated rings. The van der Waals surface area contributed by atoms with Gasteiger partial charge in [0.25, 0.3) is 17.7 Å². The molecule has 2 atom stereocenters. The Kier molecular flexibility index (Phi) is 9.60. The summed E-state index contributed by atoms with van der Waals surface area (Å²) in [4.78, 5) is 81.3. The number of fused-ring (bicyclic) bond motifs is 1. The zero-order valence-corrected chi connectivity index (χ0v) is 29.9. The Hall–Kier alpha value is -5.64. The summed E-state index contributed by atoms with van der Waals surface area (Å²) in [7, 11) is 0. The quantitative estimate of drug-likeness (QED) is 0.274. The van der Waals surface area contributed by atoms with Crippen molar-refractivity contribution in [1.82, 2.24) is 25.1 Å². The number of aromatic nitrogens is 2. The maximum Gasteiger partial charge on any atom is 0.262 e. The van der Waals surface area contributed by atoms with Crippen molar-refractivity contribution in [2.75, 3.05) is 78.9 Å². The fourth-order valence-electron chi connectivity index (χ4n) is 8.28. The van der Waals surface area contributed by atoms with E-state index in [2.05, 4.69) is 35.3 Å². The second kappa shape index (κ2) is 14.6. The average molecular weight is 739 g/mol. The molecular weight excluding hydrogens is 695 g/mol. The topological polar surface area (TPSA) is 177 Å². The average Bonchev–Trinajstić information content (AvgIpc) is 3.73. The van der Waals surface area contributed by atoms with Gasteiger partial charge in [0.15, 0.2) is 0 Å². The summed E-state index contributed by atoms with van der Waals surface area (Å²) in [5.41, 5.74) is 8.12. The highest BCUT2D eigenvalue weighted by Crippen LogP contribution is 2.33. The molecule has 4 saturated heterocycles. The molecule has 8 rings (SSSR count). The number of primary amides is 1. The zero-order chi connectivity index (χ0) is 37.5.